The van der Waals surface area contributed by atoms with Crippen LogP contribution >= 0.6 is 0 Å². The average molecular weight is 142 g/mol. The fraction of sp³-hybridized carbons (Fsp3) is 0.750. The molecule has 0 atom stereocenters. The topological polar surface area (TPSA) is 6.25 Å². The highest BCUT2D eigenvalue weighted by Gasteiger charge is 1.93. The van der Waals surface area contributed by atoms with Crippen LogP contribution in [0.5, 0.6) is 0 Å². The third-order valence-electron chi connectivity index (χ3n) is 1.43. The molecule has 60 valence electrons. The number of nitrogens with zero attached hydrogens (tertiary/aromatic N) is 2. The average Bonchev–Trinajstić information content (AvgIpc) is 1.87. The standard InChI is InChI=1S/C8H18N2/c1-5-10(4)8-6-7-9(2)3/h5H,1,6-8H2,2-4H3/b10-5-. The zero-order chi connectivity index (χ0) is 7.98. The van der Waals surface area contributed by atoms with Crippen molar-refractivity contribution in [2.24, 2.45) is 0 Å². The molecule has 0 heterocycles. The van der Waals surface area contributed by atoms with Crippen LogP contribution in [0, 0.1) is 6.92 Å². The van der Waals surface area contributed by atoms with Crippen LogP contribution < -0.4 is 0 Å². The zero-order valence-electron chi connectivity index (χ0n) is 7.30. The van der Waals surface area contributed by atoms with Crippen molar-refractivity contribution in [3.63, 3.8) is 0 Å². The molecule has 2 heteroatoms. The van der Waals surface area contributed by atoms with Crippen LogP contribution in [0.3, 0.4) is 0 Å². The Morgan fingerprint density at radius 2 is 2.10 bits per heavy atom. The monoisotopic (exact) mass is 142 g/mol. The molecule has 0 amide bonds. The minimum Gasteiger partial charge on any atom is -0.320 e. The summed E-state index contributed by atoms with van der Waals surface area (Å²) in [6, 6.07) is 0. The summed E-state index contributed by atoms with van der Waals surface area (Å²) >= 11 is 0. The van der Waals surface area contributed by atoms with Gasteiger partial charge in [-0.3, -0.25) is 4.58 Å². The summed E-state index contributed by atoms with van der Waals surface area (Å²) in [5, 5.41) is 0. The van der Waals surface area contributed by atoms with E-state index in [9.17, 15) is 0 Å². The molecular formula is C8H18N2. The van der Waals surface area contributed by atoms with E-state index >= 15 is 0 Å². The van der Waals surface area contributed by atoms with Crippen molar-refractivity contribution in [1.82, 2.24) is 4.90 Å². The Hall–Kier alpha value is -0.500. The van der Waals surface area contributed by atoms with Gasteiger partial charge in [-0.05, 0) is 14.1 Å². The van der Waals surface area contributed by atoms with Gasteiger partial charge in [0.15, 0.2) is 0 Å². The van der Waals surface area contributed by atoms with Gasteiger partial charge in [-0.1, -0.05) is 0 Å². The third kappa shape index (κ3) is 5.63. The van der Waals surface area contributed by atoms with Crippen molar-refractivity contribution in [2.75, 3.05) is 34.2 Å². The molecule has 0 aromatic heterocycles. The lowest BCUT2D eigenvalue weighted by Gasteiger charge is -2.07. The lowest BCUT2D eigenvalue weighted by atomic mass is 10.4. The van der Waals surface area contributed by atoms with Crippen molar-refractivity contribution in [3.8, 4) is 0 Å². The van der Waals surface area contributed by atoms with Crippen LogP contribution in [0.15, 0.2) is 0 Å². The van der Waals surface area contributed by atoms with Gasteiger partial charge in [-0.25, -0.2) is 0 Å². The second kappa shape index (κ2) is 5.30. The molecular weight excluding hydrogens is 124 g/mol. The highest BCUT2D eigenvalue weighted by atomic mass is 15.1. The van der Waals surface area contributed by atoms with Crippen LogP contribution in [-0.4, -0.2) is 49.9 Å². The Morgan fingerprint density at radius 3 is 2.50 bits per heavy atom. The molecule has 0 aliphatic heterocycles. The van der Waals surface area contributed by atoms with Crippen LogP contribution in [0.2, 0.25) is 0 Å². The maximum atomic E-state index is 3.67. The van der Waals surface area contributed by atoms with E-state index in [0.717, 1.165) is 13.1 Å². The highest BCUT2D eigenvalue weighted by molar-refractivity contribution is 5.55. The Kier molecular flexibility index (Phi) is 5.03. The summed E-state index contributed by atoms with van der Waals surface area (Å²) < 4.78 is 2.10. The van der Waals surface area contributed by atoms with E-state index in [1.165, 1.54) is 6.42 Å². The largest absolute Gasteiger partial charge is 0.320 e. The first-order chi connectivity index (χ1) is 4.66. The lowest BCUT2D eigenvalue weighted by Crippen LogP contribution is -2.17. The molecule has 0 radical (unpaired) electrons. The zero-order valence-corrected chi connectivity index (χ0v) is 7.30. The minimum atomic E-state index is 1.10. The van der Waals surface area contributed by atoms with Gasteiger partial charge < -0.3 is 11.8 Å². The molecule has 0 spiro atoms. The Bertz CT molecular complexity index is 106. The Labute approximate surface area is 64.2 Å². The van der Waals surface area contributed by atoms with Crippen LogP contribution in [0.4, 0.5) is 0 Å². The molecule has 0 bridgehead atoms. The molecule has 0 unspecified atom stereocenters. The first-order valence-corrected chi connectivity index (χ1v) is 3.64. The molecule has 0 aromatic carbocycles. The van der Waals surface area contributed by atoms with E-state index in [1.807, 2.05) is 13.3 Å². The SMILES string of the molecule is [CH2-]/C=[N+](/C)CCCN(C)C. The van der Waals surface area contributed by atoms with Crippen molar-refractivity contribution >= 4 is 6.21 Å². The molecule has 0 aliphatic carbocycles. The van der Waals surface area contributed by atoms with Crippen LogP contribution in [-0.2, 0) is 0 Å². The van der Waals surface area contributed by atoms with Gasteiger partial charge in [0, 0.05) is 19.2 Å². The molecule has 0 saturated carbocycles. The van der Waals surface area contributed by atoms with E-state index < -0.39 is 0 Å². The molecule has 0 aliphatic rings. The normalized spacial score (nSPS) is 12.6. The van der Waals surface area contributed by atoms with E-state index in [1.54, 1.807) is 0 Å². The minimum absolute atomic E-state index is 1.10. The number of hydrogen-bond donors (Lipinski definition) is 0. The van der Waals surface area contributed by atoms with Crippen molar-refractivity contribution in [3.05, 3.63) is 6.92 Å². The first-order valence-electron chi connectivity index (χ1n) is 3.64. The maximum Gasteiger partial charge on any atom is 0.140 e. The summed E-state index contributed by atoms with van der Waals surface area (Å²) in [4.78, 5) is 2.19. The second-order valence-electron chi connectivity index (χ2n) is 2.82. The van der Waals surface area contributed by atoms with E-state index in [4.69, 9.17) is 0 Å². The fourth-order valence-corrected chi connectivity index (χ4v) is 0.728. The Morgan fingerprint density at radius 1 is 1.50 bits per heavy atom. The van der Waals surface area contributed by atoms with Crippen LogP contribution in [0.25, 0.3) is 0 Å². The third-order valence-corrected chi connectivity index (χ3v) is 1.43. The molecule has 0 rings (SSSR count). The summed E-state index contributed by atoms with van der Waals surface area (Å²) in [6.45, 7) is 5.92. The van der Waals surface area contributed by atoms with Gasteiger partial charge in [-0.2, -0.15) is 0 Å². The summed E-state index contributed by atoms with van der Waals surface area (Å²) in [7, 11) is 6.23. The van der Waals surface area contributed by atoms with Gasteiger partial charge in [0.1, 0.15) is 13.6 Å². The van der Waals surface area contributed by atoms with Gasteiger partial charge >= 0.3 is 0 Å². The van der Waals surface area contributed by atoms with Gasteiger partial charge in [0.2, 0.25) is 0 Å². The van der Waals surface area contributed by atoms with Gasteiger partial charge in [-0.15, -0.1) is 0 Å². The van der Waals surface area contributed by atoms with Crippen molar-refractivity contribution < 1.29 is 4.58 Å². The second-order valence-corrected chi connectivity index (χ2v) is 2.82. The quantitative estimate of drug-likeness (QED) is 0.314. The fourth-order valence-electron chi connectivity index (χ4n) is 0.728. The predicted octanol–water partition coefficient (Wildman–Crippen LogP) is 0.485. The molecule has 0 N–H and O–H groups in total. The Balaban J connectivity index is 3.20. The molecule has 0 fully saturated rings. The predicted molar refractivity (Wildman–Crippen MR) is 45.6 cm³/mol. The van der Waals surface area contributed by atoms with E-state index in [2.05, 4.69) is 30.5 Å². The molecule has 0 saturated heterocycles. The maximum absolute atomic E-state index is 3.67. The summed E-state index contributed by atoms with van der Waals surface area (Å²) in [5.74, 6) is 0. The molecule has 2 nitrogen and oxygen atoms in total. The smallest absolute Gasteiger partial charge is 0.140 e. The van der Waals surface area contributed by atoms with Crippen molar-refractivity contribution in [2.45, 2.75) is 6.42 Å². The first kappa shape index (κ1) is 9.50. The number of rotatable bonds is 4. The van der Waals surface area contributed by atoms with Crippen molar-refractivity contribution in [1.29, 1.82) is 0 Å². The summed E-state index contributed by atoms with van der Waals surface area (Å²) in [6.07, 6.45) is 3.06. The van der Waals surface area contributed by atoms with Gasteiger partial charge in [0.25, 0.3) is 0 Å². The van der Waals surface area contributed by atoms with Crippen LogP contribution in [0.1, 0.15) is 6.42 Å². The summed E-state index contributed by atoms with van der Waals surface area (Å²) in [5.41, 5.74) is 0. The molecule has 0 aromatic rings. The van der Waals surface area contributed by atoms with E-state index in [0.29, 0.717) is 0 Å². The highest BCUT2D eigenvalue weighted by Crippen LogP contribution is 1.82. The van der Waals surface area contributed by atoms with Gasteiger partial charge in [0.05, 0.1) is 0 Å². The number of hydrogen-bond acceptors (Lipinski definition) is 1. The molecule has 10 heavy (non-hydrogen) atoms. The van der Waals surface area contributed by atoms with E-state index in [-0.39, 0.29) is 0 Å². The lowest BCUT2D eigenvalue weighted by molar-refractivity contribution is -0.492.